The summed E-state index contributed by atoms with van der Waals surface area (Å²) >= 11 is 0. The highest BCUT2D eigenvalue weighted by Gasteiger charge is 2.04. The van der Waals surface area contributed by atoms with Crippen LogP contribution in [0.4, 0.5) is 4.39 Å². The molecule has 1 N–H and O–H groups in total. The molecule has 2 heterocycles. The van der Waals surface area contributed by atoms with Crippen molar-refractivity contribution in [2.24, 2.45) is 0 Å². The third-order valence-electron chi connectivity index (χ3n) is 1.74. The van der Waals surface area contributed by atoms with Gasteiger partial charge in [-0.2, -0.15) is 4.39 Å². The second-order valence-corrected chi connectivity index (χ2v) is 2.47. The zero-order valence-electron chi connectivity index (χ0n) is 6.24. The molecule has 0 aromatic carbocycles. The molecule has 0 aliphatic heterocycles. The molecule has 4 heteroatoms. The van der Waals surface area contributed by atoms with Gasteiger partial charge in [-0.3, -0.25) is 4.40 Å². The predicted molar refractivity (Wildman–Crippen MR) is 41.1 cm³/mol. The summed E-state index contributed by atoms with van der Waals surface area (Å²) in [6.45, 7) is -0.124. The Labute approximate surface area is 68.1 Å². The molecule has 0 radical (unpaired) electrons. The number of imidazole rings is 1. The van der Waals surface area contributed by atoms with Crippen molar-refractivity contribution in [2.75, 3.05) is 0 Å². The maximum Gasteiger partial charge on any atom is 0.217 e. The Morgan fingerprint density at radius 3 is 3.17 bits per heavy atom. The van der Waals surface area contributed by atoms with E-state index in [-0.39, 0.29) is 6.61 Å². The van der Waals surface area contributed by atoms with E-state index in [2.05, 4.69) is 4.98 Å². The number of aromatic nitrogens is 2. The van der Waals surface area contributed by atoms with Gasteiger partial charge >= 0.3 is 0 Å². The highest BCUT2D eigenvalue weighted by atomic mass is 19.1. The number of pyridine rings is 1. The minimum absolute atomic E-state index is 0.124. The first-order valence-corrected chi connectivity index (χ1v) is 3.54. The monoisotopic (exact) mass is 166 g/mol. The summed E-state index contributed by atoms with van der Waals surface area (Å²) in [7, 11) is 0. The predicted octanol–water partition coefficient (Wildman–Crippen LogP) is 0.966. The van der Waals surface area contributed by atoms with Crippen molar-refractivity contribution in [3.05, 3.63) is 36.0 Å². The van der Waals surface area contributed by atoms with Crippen LogP contribution in [0.1, 0.15) is 5.56 Å². The molecule has 62 valence electrons. The van der Waals surface area contributed by atoms with E-state index in [1.807, 2.05) is 0 Å². The minimum Gasteiger partial charge on any atom is -0.392 e. The number of nitrogens with zero attached hydrogens (tertiary/aromatic N) is 2. The standard InChI is InChI=1S/C8H7FN2O/c9-7-4-10-8-6(5-12)2-1-3-11(7)8/h1-4,12H,5H2. The second kappa shape index (κ2) is 2.57. The summed E-state index contributed by atoms with van der Waals surface area (Å²) in [6.07, 6.45) is 2.70. The van der Waals surface area contributed by atoms with Gasteiger partial charge in [-0.05, 0) is 6.07 Å². The van der Waals surface area contributed by atoms with Crippen molar-refractivity contribution < 1.29 is 9.50 Å². The van der Waals surface area contributed by atoms with Crippen molar-refractivity contribution in [3.63, 3.8) is 0 Å². The highest BCUT2D eigenvalue weighted by Crippen LogP contribution is 2.10. The molecule has 2 rings (SSSR count). The van der Waals surface area contributed by atoms with Crippen LogP contribution in [0.2, 0.25) is 0 Å². The first kappa shape index (κ1) is 7.24. The average molecular weight is 166 g/mol. The fourth-order valence-electron chi connectivity index (χ4n) is 1.16. The Kier molecular flexibility index (Phi) is 1.55. The Balaban J connectivity index is 2.81. The van der Waals surface area contributed by atoms with Crippen molar-refractivity contribution in [3.8, 4) is 0 Å². The van der Waals surface area contributed by atoms with Gasteiger partial charge in [0.25, 0.3) is 0 Å². The summed E-state index contributed by atoms with van der Waals surface area (Å²) in [5.74, 6) is -0.416. The van der Waals surface area contributed by atoms with Crippen LogP contribution >= 0.6 is 0 Å². The van der Waals surface area contributed by atoms with Crippen LogP contribution in [-0.4, -0.2) is 14.5 Å². The maximum atomic E-state index is 12.9. The Morgan fingerprint density at radius 1 is 1.58 bits per heavy atom. The van der Waals surface area contributed by atoms with E-state index < -0.39 is 5.95 Å². The van der Waals surface area contributed by atoms with Gasteiger partial charge in [-0.15, -0.1) is 0 Å². The van der Waals surface area contributed by atoms with Crippen molar-refractivity contribution in [1.29, 1.82) is 0 Å². The Morgan fingerprint density at radius 2 is 2.42 bits per heavy atom. The molecule has 0 bridgehead atoms. The molecule has 3 nitrogen and oxygen atoms in total. The van der Waals surface area contributed by atoms with E-state index in [1.54, 1.807) is 18.3 Å². The Bertz CT molecular complexity index is 410. The molecule has 0 aliphatic rings. The van der Waals surface area contributed by atoms with Crippen molar-refractivity contribution >= 4 is 5.65 Å². The lowest BCUT2D eigenvalue weighted by Crippen LogP contribution is -1.92. The molecule has 0 fully saturated rings. The van der Waals surface area contributed by atoms with Gasteiger partial charge in [0.1, 0.15) is 5.65 Å². The summed E-state index contributed by atoms with van der Waals surface area (Å²) in [6, 6.07) is 3.38. The summed E-state index contributed by atoms with van der Waals surface area (Å²) in [5.41, 5.74) is 1.10. The summed E-state index contributed by atoms with van der Waals surface area (Å²) < 4.78 is 14.2. The number of hydrogen-bond donors (Lipinski definition) is 1. The van der Waals surface area contributed by atoms with Crippen molar-refractivity contribution in [2.45, 2.75) is 6.61 Å². The van der Waals surface area contributed by atoms with Crippen LogP contribution in [-0.2, 0) is 6.61 Å². The molecular formula is C8H7FN2O. The molecule has 0 unspecified atom stereocenters. The molecule has 0 amide bonds. The largest absolute Gasteiger partial charge is 0.392 e. The fraction of sp³-hybridized carbons (Fsp3) is 0.125. The van der Waals surface area contributed by atoms with Crippen LogP contribution in [0.15, 0.2) is 24.5 Å². The fourth-order valence-corrected chi connectivity index (χ4v) is 1.16. The molecule has 0 spiro atoms. The lowest BCUT2D eigenvalue weighted by molar-refractivity contribution is 0.282. The second-order valence-electron chi connectivity index (χ2n) is 2.47. The zero-order chi connectivity index (χ0) is 8.55. The maximum absolute atomic E-state index is 12.9. The van der Waals surface area contributed by atoms with Crippen LogP contribution in [0, 0.1) is 5.95 Å². The minimum atomic E-state index is -0.416. The summed E-state index contributed by atoms with van der Waals surface area (Å²) in [5, 5.41) is 8.87. The van der Waals surface area contributed by atoms with Crippen LogP contribution in [0.25, 0.3) is 5.65 Å². The van der Waals surface area contributed by atoms with Gasteiger partial charge in [0.15, 0.2) is 0 Å². The molecule has 12 heavy (non-hydrogen) atoms. The number of aliphatic hydroxyl groups is 1. The number of fused-ring (bicyclic) bond motifs is 1. The van der Waals surface area contributed by atoms with Gasteiger partial charge in [0.05, 0.1) is 12.8 Å². The first-order chi connectivity index (χ1) is 5.83. The smallest absolute Gasteiger partial charge is 0.217 e. The van der Waals surface area contributed by atoms with Gasteiger partial charge in [-0.25, -0.2) is 4.98 Å². The third-order valence-corrected chi connectivity index (χ3v) is 1.74. The molecule has 2 aromatic heterocycles. The first-order valence-electron chi connectivity index (χ1n) is 3.54. The van der Waals surface area contributed by atoms with E-state index in [1.165, 1.54) is 4.40 Å². The molecule has 0 saturated carbocycles. The van der Waals surface area contributed by atoms with E-state index in [0.717, 1.165) is 6.20 Å². The summed E-state index contributed by atoms with van der Waals surface area (Å²) in [4.78, 5) is 3.82. The average Bonchev–Trinajstić information content (AvgIpc) is 2.48. The number of aliphatic hydroxyl groups excluding tert-OH is 1. The van der Waals surface area contributed by atoms with Crippen molar-refractivity contribution in [1.82, 2.24) is 9.38 Å². The molecule has 0 aliphatic carbocycles. The van der Waals surface area contributed by atoms with Gasteiger partial charge in [0, 0.05) is 11.8 Å². The van der Waals surface area contributed by atoms with Gasteiger partial charge in [-0.1, -0.05) is 6.07 Å². The van der Waals surface area contributed by atoms with Crippen LogP contribution in [0.5, 0.6) is 0 Å². The number of hydrogen-bond acceptors (Lipinski definition) is 2. The normalized spacial score (nSPS) is 10.8. The van der Waals surface area contributed by atoms with E-state index in [4.69, 9.17) is 5.11 Å². The lowest BCUT2D eigenvalue weighted by atomic mass is 10.3. The zero-order valence-corrected chi connectivity index (χ0v) is 6.24. The van der Waals surface area contributed by atoms with E-state index in [0.29, 0.717) is 11.2 Å². The molecular weight excluding hydrogens is 159 g/mol. The molecule has 0 saturated heterocycles. The van der Waals surface area contributed by atoms with E-state index in [9.17, 15) is 4.39 Å². The molecule has 0 atom stereocenters. The number of rotatable bonds is 1. The quantitative estimate of drug-likeness (QED) is 0.685. The van der Waals surface area contributed by atoms with Gasteiger partial charge < -0.3 is 5.11 Å². The lowest BCUT2D eigenvalue weighted by Gasteiger charge is -1.98. The molecule has 2 aromatic rings. The van der Waals surface area contributed by atoms with E-state index >= 15 is 0 Å². The third kappa shape index (κ3) is 0.887. The number of halogens is 1. The van der Waals surface area contributed by atoms with Crippen LogP contribution in [0.3, 0.4) is 0 Å². The SMILES string of the molecule is OCc1cccn2c(F)cnc12. The van der Waals surface area contributed by atoms with Crippen LogP contribution < -0.4 is 0 Å². The van der Waals surface area contributed by atoms with Gasteiger partial charge in [0.2, 0.25) is 5.95 Å². The topological polar surface area (TPSA) is 37.5 Å². The highest BCUT2D eigenvalue weighted by molar-refractivity contribution is 5.47. The Hall–Kier alpha value is -1.42.